The number of carbonyl (C=O) groups is 1. The summed E-state index contributed by atoms with van der Waals surface area (Å²) >= 11 is 0. The van der Waals surface area contributed by atoms with Crippen molar-refractivity contribution >= 4 is 21.6 Å². The fourth-order valence-electron chi connectivity index (χ4n) is 3.47. The van der Waals surface area contributed by atoms with Crippen molar-refractivity contribution in [2.75, 3.05) is 18.4 Å². The lowest BCUT2D eigenvalue weighted by atomic mass is 10.1. The molecule has 0 spiro atoms. The van der Waals surface area contributed by atoms with Crippen molar-refractivity contribution in [1.29, 1.82) is 0 Å². The standard InChI is InChI=1S/C21H26N2O3S/c1-4-17-9-7-8-16(3)20(17)22-21(24)18-11-10-15(2)19(14-18)27(25,26)23-12-5-6-13-23/h7-11,14H,4-6,12-13H2,1-3H3,(H,22,24). The number of carbonyl (C=O) groups excluding carboxylic acids is 1. The van der Waals surface area contributed by atoms with Gasteiger partial charge in [-0.05, 0) is 61.9 Å². The number of nitrogens with one attached hydrogen (secondary N) is 1. The number of aryl methyl sites for hydroxylation is 3. The molecule has 0 radical (unpaired) electrons. The Kier molecular flexibility index (Phi) is 5.67. The number of benzene rings is 2. The van der Waals surface area contributed by atoms with Gasteiger partial charge >= 0.3 is 0 Å². The number of anilines is 1. The van der Waals surface area contributed by atoms with Gasteiger partial charge in [0.05, 0.1) is 4.90 Å². The quantitative estimate of drug-likeness (QED) is 0.847. The fourth-order valence-corrected chi connectivity index (χ4v) is 5.24. The minimum Gasteiger partial charge on any atom is -0.321 e. The van der Waals surface area contributed by atoms with Crippen molar-refractivity contribution in [3.63, 3.8) is 0 Å². The number of hydrogen-bond donors (Lipinski definition) is 1. The maximum atomic E-state index is 12.9. The lowest BCUT2D eigenvalue weighted by Crippen LogP contribution is -2.28. The van der Waals surface area contributed by atoms with Crippen LogP contribution >= 0.6 is 0 Å². The highest BCUT2D eigenvalue weighted by Gasteiger charge is 2.29. The van der Waals surface area contributed by atoms with Crippen molar-refractivity contribution in [2.24, 2.45) is 0 Å². The second kappa shape index (κ2) is 7.82. The first-order valence-electron chi connectivity index (χ1n) is 9.35. The Hall–Kier alpha value is -2.18. The summed E-state index contributed by atoms with van der Waals surface area (Å²) in [4.78, 5) is 13.0. The van der Waals surface area contributed by atoms with E-state index >= 15 is 0 Å². The first kappa shape index (κ1) is 19.6. The van der Waals surface area contributed by atoms with Crippen LogP contribution in [0.2, 0.25) is 0 Å². The van der Waals surface area contributed by atoms with E-state index in [1.807, 2.05) is 32.0 Å². The summed E-state index contributed by atoms with van der Waals surface area (Å²) in [6.45, 7) is 6.84. The van der Waals surface area contributed by atoms with Gasteiger partial charge in [0.2, 0.25) is 10.0 Å². The Morgan fingerprint density at radius 2 is 1.78 bits per heavy atom. The lowest BCUT2D eigenvalue weighted by molar-refractivity contribution is 0.102. The molecule has 0 unspecified atom stereocenters. The zero-order valence-electron chi connectivity index (χ0n) is 16.1. The molecule has 2 aromatic rings. The minimum absolute atomic E-state index is 0.220. The van der Waals surface area contributed by atoms with E-state index in [-0.39, 0.29) is 10.8 Å². The summed E-state index contributed by atoms with van der Waals surface area (Å²) in [5, 5.41) is 2.97. The summed E-state index contributed by atoms with van der Waals surface area (Å²) in [5.74, 6) is -0.295. The summed E-state index contributed by atoms with van der Waals surface area (Å²) in [5.41, 5.74) is 3.85. The van der Waals surface area contributed by atoms with Crippen LogP contribution in [0.3, 0.4) is 0 Å². The summed E-state index contributed by atoms with van der Waals surface area (Å²) in [7, 11) is -3.57. The highest BCUT2D eigenvalue weighted by atomic mass is 32.2. The lowest BCUT2D eigenvalue weighted by Gasteiger charge is -2.18. The molecule has 1 amide bonds. The minimum atomic E-state index is -3.57. The number of rotatable bonds is 5. The maximum Gasteiger partial charge on any atom is 0.255 e. The van der Waals surface area contributed by atoms with Crippen molar-refractivity contribution in [2.45, 2.75) is 44.9 Å². The molecule has 0 aromatic heterocycles. The zero-order chi connectivity index (χ0) is 19.6. The van der Waals surface area contributed by atoms with Crippen LogP contribution in [0.25, 0.3) is 0 Å². The largest absolute Gasteiger partial charge is 0.321 e. The van der Waals surface area contributed by atoms with Crippen LogP contribution in [0.1, 0.15) is 46.8 Å². The maximum absolute atomic E-state index is 12.9. The number of amides is 1. The third-order valence-corrected chi connectivity index (χ3v) is 7.15. The van der Waals surface area contributed by atoms with Gasteiger partial charge in [-0.2, -0.15) is 4.31 Å². The molecule has 0 aliphatic carbocycles. The van der Waals surface area contributed by atoms with Gasteiger partial charge in [-0.25, -0.2) is 8.42 Å². The highest BCUT2D eigenvalue weighted by Crippen LogP contribution is 2.26. The molecule has 27 heavy (non-hydrogen) atoms. The number of nitrogens with zero attached hydrogens (tertiary/aromatic N) is 1. The van der Waals surface area contributed by atoms with E-state index in [9.17, 15) is 13.2 Å². The fraction of sp³-hybridized carbons (Fsp3) is 0.381. The molecule has 3 rings (SSSR count). The smallest absolute Gasteiger partial charge is 0.255 e. The molecule has 144 valence electrons. The first-order chi connectivity index (χ1) is 12.8. The second-order valence-electron chi connectivity index (χ2n) is 7.01. The van der Waals surface area contributed by atoms with Crippen LogP contribution in [0.4, 0.5) is 5.69 Å². The van der Waals surface area contributed by atoms with Gasteiger partial charge in [-0.3, -0.25) is 4.79 Å². The molecule has 1 N–H and O–H groups in total. The molecule has 0 atom stereocenters. The number of hydrogen-bond acceptors (Lipinski definition) is 3. The van der Waals surface area contributed by atoms with Crippen LogP contribution in [-0.4, -0.2) is 31.7 Å². The monoisotopic (exact) mass is 386 g/mol. The van der Waals surface area contributed by atoms with Gasteiger partial charge in [0.1, 0.15) is 0 Å². The Morgan fingerprint density at radius 1 is 1.07 bits per heavy atom. The van der Waals surface area contributed by atoms with Crippen molar-refractivity contribution in [1.82, 2.24) is 4.31 Å². The predicted octanol–water partition coefficient (Wildman–Crippen LogP) is 3.90. The van der Waals surface area contributed by atoms with Crippen LogP contribution in [0.5, 0.6) is 0 Å². The van der Waals surface area contributed by atoms with E-state index in [1.165, 1.54) is 10.4 Å². The average molecular weight is 387 g/mol. The highest BCUT2D eigenvalue weighted by molar-refractivity contribution is 7.89. The predicted molar refractivity (Wildman–Crippen MR) is 108 cm³/mol. The molecule has 0 saturated carbocycles. The first-order valence-corrected chi connectivity index (χ1v) is 10.8. The van der Waals surface area contributed by atoms with Gasteiger partial charge in [-0.15, -0.1) is 0 Å². The molecular formula is C21H26N2O3S. The Balaban J connectivity index is 1.93. The van der Waals surface area contributed by atoms with E-state index < -0.39 is 10.0 Å². The summed E-state index contributed by atoms with van der Waals surface area (Å²) < 4.78 is 27.4. The van der Waals surface area contributed by atoms with E-state index in [0.29, 0.717) is 24.2 Å². The molecule has 5 nitrogen and oxygen atoms in total. The van der Waals surface area contributed by atoms with E-state index in [1.54, 1.807) is 19.1 Å². The summed E-state index contributed by atoms with van der Waals surface area (Å²) in [6, 6.07) is 10.8. The van der Waals surface area contributed by atoms with Crippen LogP contribution in [-0.2, 0) is 16.4 Å². The molecule has 1 heterocycles. The molecule has 0 bridgehead atoms. The topological polar surface area (TPSA) is 66.5 Å². The second-order valence-corrected chi connectivity index (χ2v) is 8.91. The molecule has 1 aliphatic rings. The van der Waals surface area contributed by atoms with E-state index in [2.05, 4.69) is 5.32 Å². The van der Waals surface area contributed by atoms with Crippen LogP contribution in [0, 0.1) is 13.8 Å². The van der Waals surface area contributed by atoms with E-state index in [0.717, 1.165) is 36.1 Å². The third-order valence-electron chi connectivity index (χ3n) is 5.11. The Bertz CT molecular complexity index is 961. The molecule has 1 fully saturated rings. The van der Waals surface area contributed by atoms with Crippen LogP contribution in [0.15, 0.2) is 41.3 Å². The van der Waals surface area contributed by atoms with Crippen molar-refractivity contribution in [3.8, 4) is 0 Å². The normalized spacial score (nSPS) is 15.1. The van der Waals surface area contributed by atoms with Gasteiger partial charge in [0.25, 0.3) is 5.91 Å². The van der Waals surface area contributed by atoms with Gasteiger partial charge in [0.15, 0.2) is 0 Å². The number of para-hydroxylation sites is 1. The zero-order valence-corrected chi connectivity index (χ0v) is 16.9. The van der Waals surface area contributed by atoms with Crippen molar-refractivity contribution in [3.05, 3.63) is 58.7 Å². The Labute approximate surface area is 161 Å². The van der Waals surface area contributed by atoms with Crippen molar-refractivity contribution < 1.29 is 13.2 Å². The average Bonchev–Trinajstić information content (AvgIpc) is 3.19. The van der Waals surface area contributed by atoms with Gasteiger partial charge in [0, 0.05) is 24.3 Å². The molecule has 2 aromatic carbocycles. The molecular weight excluding hydrogens is 360 g/mol. The molecule has 1 aliphatic heterocycles. The Morgan fingerprint density at radius 3 is 2.44 bits per heavy atom. The van der Waals surface area contributed by atoms with Crippen LogP contribution < -0.4 is 5.32 Å². The summed E-state index contributed by atoms with van der Waals surface area (Å²) in [6.07, 6.45) is 2.57. The molecule has 6 heteroatoms. The third kappa shape index (κ3) is 3.92. The SMILES string of the molecule is CCc1cccc(C)c1NC(=O)c1ccc(C)c(S(=O)(=O)N2CCCC2)c1. The van der Waals surface area contributed by atoms with Gasteiger partial charge in [-0.1, -0.05) is 31.2 Å². The number of sulfonamides is 1. The van der Waals surface area contributed by atoms with E-state index in [4.69, 9.17) is 0 Å². The van der Waals surface area contributed by atoms with Gasteiger partial charge < -0.3 is 5.32 Å². The molecule has 1 saturated heterocycles.